The van der Waals surface area contributed by atoms with Crippen molar-refractivity contribution in [2.75, 3.05) is 6.61 Å². The van der Waals surface area contributed by atoms with E-state index in [1.54, 1.807) is 6.33 Å². The number of imidazole rings is 1. The topological polar surface area (TPSA) is 83.8 Å². The average Bonchev–Trinajstić information content (AvgIpc) is 2.94. The fourth-order valence-corrected chi connectivity index (χ4v) is 2.60. The third-order valence-electron chi connectivity index (χ3n) is 3.53. The van der Waals surface area contributed by atoms with Gasteiger partial charge in [-0.15, -0.1) is 0 Å². The van der Waals surface area contributed by atoms with Gasteiger partial charge < -0.3 is 14.7 Å². The van der Waals surface area contributed by atoms with E-state index in [-0.39, 0.29) is 12.2 Å². The molecule has 2 N–H and O–H groups in total. The molecule has 2 aromatic heterocycles. The van der Waals surface area contributed by atoms with Crippen molar-refractivity contribution in [3.05, 3.63) is 23.0 Å². The van der Waals surface area contributed by atoms with Crippen LogP contribution in [0.15, 0.2) is 17.4 Å². The van der Waals surface area contributed by atoms with Crippen LogP contribution in [0.3, 0.4) is 0 Å². The molecule has 2 aromatic rings. The van der Waals surface area contributed by atoms with Gasteiger partial charge in [0.15, 0.2) is 11.2 Å². The second-order valence-electron chi connectivity index (χ2n) is 4.57. The summed E-state index contributed by atoms with van der Waals surface area (Å²) < 4.78 is 1.96. The van der Waals surface area contributed by atoms with Gasteiger partial charge in [0.2, 0.25) is 0 Å². The van der Waals surface area contributed by atoms with Crippen LogP contribution in [0.5, 0.6) is 0 Å². The second-order valence-corrected chi connectivity index (χ2v) is 4.57. The van der Waals surface area contributed by atoms with Gasteiger partial charge in [-0.3, -0.25) is 4.79 Å². The molecular weight excluding hydrogens is 220 g/mol. The Balaban J connectivity index is 2.02. The molecule has 1 saturated carbocycles. The Bertz CT molecular complexity index is 588. The van der Waals surface area contributed by atoms with E-state index in [2.05, 4.69) is 15.0 Å². The Morgan fingerprint density at radius 2 is 2.35 bits per heavy atom. The van der Waals surface area contributed by atoms with E-state index in [9.17, 15) is 4.79 Å². The lowest BCUT2D eigenvalue weighted by molar-refractivity contribution is 0.226. The fourth-order valence-electron chi connectivity index (χ4n) is 2.60. The Kier molecular flexibility index (Phi) is 2.44. The van der Waals surface area contributed by atoms with Gasteiger partial charge >= 0.3 is 0 Å². The number of aliphatic hydroxyl groups is 1. The van der Waals surface area contributed by atoms with Crippen LogP contribution < -0.4 is 5.56 Å². The van der Waals surface area contributed by atoms with Crippen molar-refractivity contribution in [1.82, 2.24) is 19.5 Å². The number of nitrogens with one attached hydrogen (secondary N) is 1. The molecule has 0 spiro atoms. The predicted octanol–water partition coefficient (Wildman–Crippen LogP) is 0.453. The van der Waals surface area contributed by atoms with Crippen LogP contribution in [0.4, 0.5) is 0 Å². The number of rotatable bonds is 2. The van der Waals surface area contributed by atoms with Gasteiger partial charge in [0.05, 0.1) is 12.7 Å². The third kappa shape index (κ3) is 1.64. The smallest absolute Gasteiger partial charge is 0.278 e. The lowest BCUT2D eigenvalue weighted by Crippen LogP contribution is -2.10. The maximum atomic E-state index is 11.5. The standard InChI is InChI=1S/C11H14N4O2/c16-4-7-1-2-8(3-7)15-6-14-9-10(15)12-5-13-11(9)17/h5-8,16H,1-4H2,(H,12,13,17)/t7-,8+/m1/s1. The maximum Gasteiger partial charge on any atom is 0.278 e. The summed E-state index contributed by atoms with van der Waals surface area (Å²) in [5, 5.41) is 9.14. The summed E-state index contributed by atoms with van der Waals surface area (Å²) in [6.07, 6.45) is 6.03. The van der Waals surface area contributed by atoms with Crippen LogP contribution in [-0.2, 0) is 0 Å². The molecular formula is C11H14N4O2. The van der Waals surface area contributed by atoms with Gasteiger partial charge in [-0.25, -0.2) is 9.97 Å². The molecule has 0 saturated heterocycles. The first-order chi connectivity index (χ1) is 8.29. The van der Waals surface area contributed by atoms with Crippen LogP contribution in [0.25, 0.3) is 11.2 Å². The summed E-state index contributed by atoms with van der Waals surface area (Å²) in [5.41, 5.74) is 0.822. The number of hydrogen-bond donors (Lipinski definition) is 2. The highest BCUT2D eigenvalue weighted by molar-refractivity contribution is 5.68. The number of hydrogen-bond acceptors (Lipinski definition) is 4. The molecule has 2 atom stereocenters. The first-order valence-corrected chi connectivity index (χ1v) is 5.80. The molecule has 0 aromatic carbocycles. The first-order valence-electron chi connectivity index (χ1n) is 5.80. The average molecular weight is 234 g/mol. The molecule has 3 rings (SSSR count). The Morgan fingerprint density at radius 3 is 3.12 bits per heavy atom. The second kappa shape index (κ2) is 3.96. The molecule has 0 amide bonds. The molecule has 6 heteroatoms. The van der Waals surface area contributed by atoms with Crippen molar-refractivity contribution in [2.24, 2.45) is 5.92 Å². The van der Waals surface area contributed by atoms with Gasteiger partial charge in [0.25, 0.3) is 5.56 Å². The van der Waals surface area contributed by atoms with Crippen molar-refractivity contribution >= 4 is 11.2 Å². The zero-order valence-electron chi connectivity index (χ0n) is 9.33. The summed E-state index contributed by atoms with van der Waals surface area (Å²) in [6, 6.07) is 0.298. The zero-order valence-corrected chi connectivity index (χ0v) is 9.33. The number of aromatic amines is 1. The Hall–Kier alpha value is -1.69. The minimum Gasteiger partial charge on any atom is -0.396 e. The fraction of sp³-hybridized carbons (Fsp3) is 0.545. The highest BCUT2D eigenvalue weighted by Gasteiger charge is 2.26. The van der Waals surface area contributed by atoms with Crippen molar-refractivity contribution in [3.8, 4) is 0 Å². The van der Waals surface area contributed by atoms with Crippen LogP contribution in [-0.4, -0.2) is 31.2 Å². The summed E-state index contributed by atoms with van der Waals surface area (Å²) in [4.78, 5) is 22.3. The molecule has 1 fully saturated rings. The van der Waals surface area contributed by atoms with Crippen molar-refractivity contribution in [2.45, 2.75) is 25.3 Å². The zero-order chi connectivity index (χ0) is 11.8. The molecule has 1 aliphatic carbocycles. The molecule has 2 heterocycles. The van der Waals surface area contributed by atoms with Crippen LogP contribution in [0.1, 0.15) is 25.3 Å². The summed E-state index contributed by atoms with van der Waals surface area (Å²) >= 11 is 0. The number of nitrogens with zero attached hydrogens (tertiary/aromatic N) is 3. The molecule has 0 radical (unpaired) electrons. The normalized spacial score (nSPS) is 24.5. The van der Waals surface area contributed by atoms with E-state index in [4.69, 9.17) is 5.11 Å². The first kappa shape index (κ1) is 10.5. The molecule has 1 aliphatic rings. The molecule has 0 bridgehead atoms. The summed E-state index contributed by atoms with van der Waals surface area (Å²) in [5.74, 6) is 0.361. The number of fused-ring (bicyclic) bond motifs is 1. The molecule has 6 nitrogen and oxygen atoms in total. The Labute approximate surface area is 97.3 Å². The van der Waals surface area contributed by atoms with Crippen molar-refractivity contribution in [3.63, 3.8) is 0 Å². The molecule has 90 valence electrons. The molecule has 0 unspecified atom stereocenters. The number of aliphatic hydroxyl groups excluding tert-OH is 1. The van der Waals surface area contributed by atoms with Gasteiger partial charge in [0.1, 0.15) is 0 Å². The number of aromatic nitrogens is 4. The van der Waals surface area contributed by atoms with Gasteiger partial charge in [-0.2, -0.15) is 0 Å². The van der Waals surface area contributed by atoms with E-state index in [0.717, 1.165) is 19.3 Å². The SMILES string of the molecule is O=c1[nH]cnc2c1ncn2[C@H]1CC[C@@H](CO)C1. The van der Waals surface area contributed by atoms with Crippen molar-refractivity contribution in [1.29, 1.82) is 0 Å². The lowest BCUT2D eigenvalue weighted by atomic mass is 10.1. The third-order valence-corrected chi connectivity index (χ3v) is 3.53. The van der Waals surface area contributed by atoms with Crippen LogP contribution in [0.2, 0.25) is 0 Å². The highest BCUT2D eigenvalue weighted by Crippen LogP contribution is 2.35. The summed E-state index contributed by atoms with van der Waals surface area (Å²) in [7, 11) is 0. The van der Waals surface area contributed by atoms with E-state index in [1.165, 1.54) is 6.33 Å². The maximum absolute atomic E-state index is 11.5. The molecule has 17 heavy (non-hydrogen) atoms. The minimum absolute atomic E-state index is 0.203. The summed E-state index contributed by atoms with van der Waals surface area (Å²) in [6.45, 7) is 0.233. The van der Waals surface area contributed by atoms with Gasteiger partial charge in [-0.05, 0) is 25.2 Å². The lowest BCUT2D eigenvalue weighted by Gasteiger charge is -2.12. The van der Waals surface area contributed by atoms with E-state index < -0.39 is 0 Å². The quantitative estimate of drug-likeness (QED) is 0.790. The van der Waals surface area contributed by atoms with E-state index in [1.807, 2.05) is 4.57 Å². The van der Waals surface area contributed by atoms with Gasteiger partial charge in [-0.1, -0.05) is 0 Å². The number of H-pyrrole nitrogens is 1. The predicted molar refractivity (Wildman–Crippen MR) is 61.6 cm³/mol. The molecule has 0 aliphatic heterocycles. The van der Waals surface area contributed by atoms with Crippen LogP contribution in [0, 0.1) is 5.92 Å². The largest absolute Gasteiger partial charge is 0.396 e. The van der Waals surface area contributed by atoms with Crippen LogP contribution >= 0.6 is 0 Å². The highest BCUT2D eigenvalue weighted by atomic mass is 16.3. The minimum atomic E-state index is -0.203. The monoisotopic (exact) mass is 234 g/mol. The van der Waals surface area contributed by atoms with Crippen molar-refractivity contribution < 1.29 is 5.11 Å². The Morgan fingerprint density at radius 1 is 1.47 bits per heavy atom. The van der Waals surface area contributed by atoms with E-state index >= 15 is 0 Å². The van der Waals surface area contributed by atoms with Gasteiger partial charge in [0, 0.05) is 12.6 Å². The van der Waals surface area contributed by atoms with E-state index in [0.29, 0.717) is 23.1 Å².